The summed E-state index contributed by atoms with van der Waals surface area (Å²) in [5.74, 6) is 0.925. The van der Waals surface area contributed by atoms with Crippen LogP contribution in [-0.2, 0) is 0 Å². The van der Waals surface area contributed by atoms with Gasteiger partial charge in [0.05, 0.1) is 0 Å². The number of nitrogens with zero attached hydrogens (tertiary/aromatic N) is 1. The molecule has 0 bridgehead atoms. The molecule has 1 aliphatic rings. The summed E-state index contributed by atoms with van der Waals surface area (Å²) in [4.78, 5) is 2.53. The third-order valence-corrected chi connectivity index (χ3v) is 2.99. The standard InChI is InChI=1S/C11H24N2O/c1-11-3-7-13(8-4-11)9-6-12-5-2-10-14/h11-12,14H,2-10H2,1H3. The molecule has 84 valence electrons. The summed E-state index contributed by atoms with van der Waals surface area (Å²) in [6, 6.07) is 0. The summed E-state index contributed by atoms with van der Waals surface area (Å²) in [6.07, 6.45) is 3.59. The van der Waals surface area contributed by atoms with Crippen LogP contribution in [-0.4, -0.2) is 49.3 Å². The van der Waals surface area contributed by atoms with E-state index < -0.39 is 0 Å². The van der Waals surface area contributed by atoms with Crippen LogP contribution in [0.1, 0.15) is 26.2 Å². The Labute approximate surface area is 87.5 Å². The van der Waals surface area contributed by atoms with E-state index in [1.807, 2.05) is 0 Å². The van der Waals surface area contributed by atoms with E-state index >= 15 is 0 Å². The lowest BCUT2D eigenvalue weighted by molar-refractivity contribution is 0.192. The molecule has 1 saturated heterocycles. The van der Waals surface area contributed by atoms with Crippen LogP contribution in [0.25, 0.3) is 0 Å². The van der Waals surface area contributed by atoms with Crippen molar-refractivity contribution in [2.75, 3.05) is 39.3 Å². The summed E-state index contributed by atoms with van der Waals surface area (Å²) in [5, 5.41) is 11.9. The molecule has 0 aromatic heterocycles. The van der Waals surface area contributed by atoms with Gasteiger partial charge in [-0.15, -0.1) is 0 Å². The molecule has 2 N–H and O–H groups in total. The first-order chi connectivity index (χ1) is 6.83. The minimum Gasteiger partial charge on any atom is -0.396 e. The molecule has 0 radical (unpaired) electrons. The highest BCUT2D eigenvalue weighted by Crippen LogP contribution is 2.14. The Balaban J connectivity index is 1.91. The van der Waals surface area contributed by atoms with Crippen molar-refractivity contribution in [1.29, 1.82) is 0 Å². The van der Waals surface area contributed by atoms with Crippen molar-refractivity contribution in [3.05, 3.63) is 0 Å². The van der Waals surface area contributed by atoms with Gasteiger partial charge < -0.3 is 15.3 Å². The molecule has 3 heteroatoms. The SMILES string of the molecule is CC1CCN(CCNCCCO)CC1. The fraction of sp³-hybridized carbons (Fsp3) is 1.00. The maximum atomic E-state index is 8.59. The molecule has 0 aromatic rings. The van der Waals surface area contributed by atoms with Gasteiger partial charge in [-0.3, -0.25) is 0 Å². The first-order valence-electron chi connectivity index (χ1n) is 5.87. The van der Waals surface area contributed by atoms with E-state index in [1.54, 1.807) is 0 Å². The third-order valence-electron chi connectivity index (χ3n) is 2.99. The van der Waals surface area contributed by atoms with Crippen LogP contribution in [0.15, 0.2) is 0 Å². The predicted octanol–water partition coefficient (Wildman–Crippen LogP) is 0.690. The van der Waals surface area contributed by atoms with Crippen LogP contribution in [0, 0.1) is 5.92 Å². The van der Waals surface area contributed by atoms with E-state index in [-0.39, 0.29) is 0 Å². The van der Waals surface area contributed by atoms with E-state index in [1.165, 1.54) is 25.9 Å². The molecule has 3 nitrogen and oxygen atoms in total. The smallest absolute Gasteiger partial charge is 0.0443 e. The number of aliphatic hydroxyl groups excluding tert-OH is 1. The summed E-state index contributed by atoms with van der Waals surface area (Å²) in [7, 11) is 0. The monoisotopic (exact) mass is 200 g/mol. The third kappa shape index (κ3) is 4.94. The highest BCUT2D eigenvalue weighted by atomic mass is 16.3. The molecule has 0 atom stereocenters. The van der Waals surface area contributed by atoms with Crippen molar-refractivity contribution >= 4 is 0 Å². The quantitative estimate of drug-likeness (QED) is 0.619. The van der Waals surface area contributed by atoms with E-state index in [2.05, 4.69) is 17.1 Å². The number of likely N-dealkylation sites (tertiary alicyclic amines) is 1. The number of hydrogen-bond donors (Lipinski definition) is 2. The van der Waals surface area contributed by atoms with Gasteiger partial charge >= 0.3 is 0 Å². The zero-order valence-electron chi connectivity index (χ0n) is 9.34. The Kier molecular flexibility index (Phi) is 6.15. The minimum absolute atomic E-state index is 0.300. The van der Waals surface area contributed by atoms with Gasteiger partial charge in [-0.2, -0.15) is 0 Å². The second-order valence-corrected chi connectivity index (χ2v) is 4.35. The van der Waals surface area contributed by atoms with E-state index in [4.69, 9.17) is 5.11 Å². The normalized spacial score (nSPS) is 20.1. The lowest BCUT2D eigenvalue weighted by Crippen LogP contribution is -2.38. The fourth-order valence-electron chi connectivity index (χ4n) is 1.85. The van der Waals surface area contributed by atoms with Crippen molar-refractivity contribution < 1.29 is 5.11 Å². The van der Waals surface area contributed by atoms with Crippen molar-refractivity contribution in [3.63, 3.8) is 0 Å². The lowest BCUT2D eigenvalue weighted by Gasteiger charge is -2.30. The van der Waals surface area contributed by atoms with Crippen LogP contribution in [0.2, 0.25) is 0 Å². The van der Waals surface area contributed by atoms with Crippen molar-refractivity contribution in [2.24, 2.45) is 5.92 Å². The van der Waals surface area contributed by atoms with Gasteiger partial charge in [0.2, 0.25) is 0 Å². The lowest BCUT2D eigenvalue weighted by atomic mass is 9.99. The molecule has 0 aromatic carbocycles. The van der Waals surface area contributed by atoms with Gasteiger partial charge in [0.1, 0.15) is 0 Å². The first-order valence-corrected chi connectivity index (χ1v) is 5.87. The van der Waals surface area contributed by atoms with Gasteiger partial charge in [0.25, 0.3) is 0 Å². The summed E-state index contributed by atoms with van der Waals surface area (Å²) < 4.78 is 0. The van der Waals surface area contributed by atoms with Crippen LogP contribution in [0.5, 0.6) is 0 Å². The molecular weight excluding hydrogens is 176 g/mol. The average molecular weight is 200 g/mol. The number of hydrogen-bond acceptors (Lipinski definition) is 3. The second-order valence-electron chi connectivity index (χ2n) is 4.35. The van der Waals surface area contributed by atoms with Crippen molar-refractivity contribution in [3.8, 4) is 0 Å². The second kappa shape index (κ2) is 7.21. The highest BCUT2D eigenvalue weighted by molar-refractivity contribution is 4.69. The predicted molar refractivity (Wildman–Crippen MR) is 59.4 cm³/mol. The molecule has 0 saturated carbocycles. The molecular formula is C11H24N2O. The van der Waals surface area contributed by atoms with Gasteiger partial charge in [0.15, 0.2) is 0 Å². The molecule has 1 heterocycles. The van der Waals surface area contributed by atoms with Gasteiger partial charge in [0, 0.05) is 19.7 Å². The Morgan fingerprint density at radius 2 is 2.00 bits per heavy atom. The summed E-state index contributed by atoms with van der Waals surface area (Å²) in [5.41, 5.74) is 0. The maximum absolute atomic E-state index is 8.59. The van der Waals surface area contributed by atoms with Gasteiger partial charge in [-0.05, 0) is 44.8 Å². The average Bonchev–Trinajstić information content (AvgIpc) is 2.21. The van der Waals surface area contributed by atoms with Crippen molar-refractivity contribution in [1.82, 2.24) is 10.2 Å². The zero-order valence-corrected chi connectivity index (χ0v) is 9.34. The molecule has 14 heavy (non-hydrogen) atoms. The Bertz CT molecular complexity index is 133. The largest absolute Gasteiger partial charge is 0.396 e. The highest BCUT2D eigenvalue weighted by Gasteiger charge is 2.14. The fourth-order valence-corrected chi connectivity index (χ4v) is 1.85. The topological polar surface area (TPSA) is 35.5 Å². The Morgan fingerprint density at radius 1 is 1.29 bits per heavy atom. The van der Waals surface area contributed by atoms with E-state index in [0.717, 1.165) is 32.0 Å². The Hall–Kier alpha value is -0.120. The van der Waals surface area contributed by atoms with Crippen LogP contribution in [0.4, 0.5) is 0 Å². The Morgan fingerprint density at radius 3 is 2.64 bits per heavy atom. The molecule has 1 fully saturated rings. The molecule has 1 rings (SSSR count). The van der Waals surface area contributed by atoms with Gasteiger partial charge in [-0.1, -0.05) is 6.92 Å². The molecule has 0 amide bonds. The molecule has 0 aliphatic carbocycles. The number of piperidine rings is 1. The van der Waals surface area contributed by atoms with Gasteiger partial charge in [-0.25, -0.2) is 0 Å². The molecule has 1 aliphatic heterocycles. The summed E-state index contributed by atoms with van der Waals surface area (Å²) in [6.45, 7) is 8.35. The maximum Gasteiger partial charge on any atom is 0.0443 e. The van der Waals surface area contributed by atoms with Crippen LogP contribution >= 0.6 is 0 Å². The zero-order chi connectivity index (χ0) is 10.2. The number of rotatable bonds is 6. The first kappa shape index (κ1) is 12.0. The summed E-state index contributed by atoms with van der Waals surface area (Å²) >= 11 is 0. The number of aliphatic hydroxyl groups is 1. The molecule has 0 spiro atoms. The van der Waals surface area contributed by atoms with Crippen LogP contribution in [0.3, 0.4) is 0 Å². The number of nitrogens with one attached hydrogen (secondary N) is 1. The minimum atomic E-state index is 0.300. The van der Waals surface area contributed by atoms with Crippen molar-refractivity contribution in [2.45, 2.75) is 26.2 Å². The van der Waals surface area contributed by atoms with E-state index in [0.29, 0.717) is 6.61 Å². The molecule has 0 unspecified atom stereocenters. The van der Waals surface area contributed by atoms with E-state index in [9.17, 15) is 0 Å². The van der Waals surface area contributed by atoms with Crippen LogP contribution < -0.4 is 5.32 Å².